The van der Waals surface area contributed by atoms with Gasteiger partial charge in [-0.1, -0.05) is 0 Å². The number of hydrogen-bond acceptors (Lipinski definition) is 4. The molecule has 2 saturated heterocycles. The Morgan fingerprint density at radius 3 is 3.06 bits per heavy atom. The van der Waals surface area contributed by atoms with E-state index in [1.165, 1.54) is 25.8 Å². The van der Waals surface area contributed by atoms with Crippen molar-refractivity contribution in [2.75, 3.05) is 40.0 Å². The van der Waals surface area contributed by atoms with Crippen LogP contribution in [0.4, 0.5) is 0 Å². The third-order valence-electron chi connectivity index (χ3n) is 4.91. The molecule has 4 heteroatoms. The fourth-order valence-corrected chi connectivity index (χ4v) is 3.89. The molecule has 3 aliphatic rings. The lowest BCUT2D eigenvalue weighted by Gasteiger charge is -2.42. The van der Waals surface area contributed by atoms with Crippen molar-refractivity contribution in [1.82, 2.24) is 10.2 Å². The number of morpholine rings is 1. The molecule has 0 aromatic heterocycles. The van der Waals surface area contributed by atoms with Crippen molar-refractivity contribution in [3.63, 3.8) is 0 Å². The van der Waals surface area contributed by atoms with E-state index >= 15 is 0 Å². The van der Waals surface area contributed by atoms with Crippen molar-refractivity contribution in [2.45, 2.75) is 43.9 Å². The zero-order valence-electron chi connectivity index (χ0n) is 11.4. The minimum Gasteiger partial charge on any atom is -0.381 e. The first-order chi connectivity index (χ1) is 8.88. The average molecular weight is 254 g/mol. The minimum absolute atomic E-state index is 0.510. The van der Waals surface area contributed by atoms with Crippen LogP contribution in [0.25, 0.3) is 0 Å². The van der Waals surface area contributed by atoms with Crippen molar-refractivity contribution in [3.05, 3.63) is 0 Å². The number of ether oxygens (including phenoxy) is 2. The van der Waals surface area contributed by atoms with Crippen LogP contribution in [0.15, 0.2) is 0 Å². The first-order valence-electron chi connectivity index (χ1n) is 7.49. The van der Waals surface area contributed by atoms with Crippen LogP contribution in [0.1, 0.15) is 25.7 Å². The SMILES string of the molecule is CNC1CCOCC1CN1CCOC2CCCC21. The zero-order valence-corrected chi connectivity index (χ0v) is 11.4. The van der Waals surface area contributed by atoms with E-state index in [2.05, 4.69) is 17.3 Å². The number of nitrogens with zero attached hydrogens (tertiary/aromatic N) is 1. The summed E-state index contributed by atoms with van der Waals surface area (Å²) in [6, 6.07) is 1.31. The number of hydrogen-bond donors (Lipinski definition) is 1. The Morgan fingerprint density at radius 1 is 1.22 bits per heavy atom. The van der Waals surface area contributed by atoms with Crippen LogP contribution in [0.2, 0.25) is 0 Å². The van der Waals surface area contributed by atoms with Gasteiger partial charge in [-0.2, -0.15) is 0 Å². The highest BCUT2D eigenvalue weighted by molar-refractivity contribution is 4.91. The molecule has 0 aromatic rings. The second-order valence-corrected chi connectivity index (χ2v) is 5.92. The third kappa shape index (κ3) is 2.57. The van der Waals surface area contributed by atoms with E-state index in [9.17, 15) is 0 Å². The van der Waals surface area contributed by atoms with Gasteiger partial charge < -0.3 is 14.8 Å². The molecule has 3 fully saturated rings. The third-order valence-corrected chi connectivity index (χ3v) is 4.91. The van der Waals surface area contributed by atoms with Gasteiger partial charge in [0.1, 0.15) is 0 Å². The van der Waals surface area contributed by atoms with Gasteiger partial charge >= 0.3 is 0 Å². The molecule has 0 aromatic carbocycles. The molecular weight excluding hydrogens is 228 g/mol. The smallest absolute Gasteiger partial charge is 0.0730 e. The van der Waals surface area contributed by atoms with Crippen molar-refractivity contribution in [1.29, 1.82) is 0 Å². The molecule has 2 aliphatic heterocycles. The topological polar surface area (TPSA) is 33.7 Å². The molecule has 0 amide bonds. The van der Waals surface area contributed by atoms with Gasteiger partial charge in [0.2, 0.25) is 0 Å². The molecule has 3 rings (SSSR count). The maximum Gasteiger partial charge on any atom is 0.0730 e. The first kappa shape index (κ1) is 12.9. The Balaban J connectivity index is 1.60. The first-order valence-corrected chi connectivity index (χ1v) is 7.49. The summed E-state index contributed by atoms with van der Waals surface area (Å²) in [6.45, 7) is 5.03. The van der Waals surface area contributed by atoms with Crippen molar-refractivity contribution in [3.8, 4) is 0 Å². The van der Waals surface area contributed by atoms with Crippen LogP contribution in [0.5, 0.6) is 0 Å². The maximum atomic E-state index is 5.89. The fourth-order valence-electron chi connectivity index (χ4n) is 3.89. The molecule has 1 saturated carbocycles. The van der Waals surface area contributed by atoms with Crippen LogP contribution >= 0.6 is 0 Å². The Bertz CT molecular complexity index is 275. The van der Waals surface area contributed by atoms with E-state index in [1.54, 1.807) is 0 Å². The molecule has 2 heterocycles. The Kier molecular flexibility index (Phi) is 4.19. The summed E-state index contributed by atoms with van der Waals surface area (Å²) < 4.78 is 11.6. The van der Waals surface area contributed by atoms with Crippen LogP contribution < -0.4 is 5.32 Å². The molecule has 104 valence electrons. The summed E-state index contributed by atoms with van der Waals surface area (Å²) in [6.07, 6.45) is 5.58. The van der Waals surface area contributed by atoms with Gasteiger partial charge in [-0.3, -0.25) is 4.90 Å². The predicted molar refractivity (Wildman–Crippen MR) is 70.7 cm³/mol. The van der Waals surface area contributed by atoms with Gasteiger partial charge in [-0.15, -0.1) is 0 Å². The van der Waals surface area contributed by atoms with Crippen molar-refractivity contribution in [2.24, 2.45) is 5.92 Å². The number of nitrogens with one attached hydrogen (secondary N) is 1. The highest BCUT2D eigenvalue weighted by Crippen LogP contribution is 2.30. The number of rotatable bonds is 3. The molecule has 4 unspecified atom stereocenters. The van der Waals surface area contributed by atoms with Crippen molar-refractivity contribution >= 4 is 0 Å². The van der Waals surface area contributed by atoms with Crippen LogP contribution in [0, 0.1) is 5.92 Å². The monoisotopic (exact) mass is 254 g/mol. The second kappa shape index (κ2) is 5.87. The van der Waals surface area contributed by atoms with Crippen LogP contribution in [0.3, 0.4) is 0 Å². The quantitative estimate of drug-likeness (QED) is 0.810. The summed E-state index contributed by atoms with van der Waals surface area (Å²) in [5, 5.41) is 3.47. The standard InChI is InChI=1S/C14H26N2O2/c1-15-12-5-7-17-10-11(12)9-16-6-8-18-14-4-2-3-13(14)16/h11-15H,2-10H2,1H3. The van der Waals surface area contributed by atoms with Gasteiger partial charge in [0.05, 0.1) is 19.3 Å². The van der Waals surface area contributed by atoms with E-state index in [0.717, 1.165) is 32.8 Å². The lowest BCUT2D eigenvalue weighted by molar-refractivity contribution is -0.0717. The molecule has 4 atom stereocenters. The zero-order chi connectivity index (χ0) is 12.4. The van der Waals surface area contributed by atoms with E-state index in [4.69, 9.17) is 9.47 Å². The molecule has 1 N–H and O–H groups in total. The molecule has 1 aliphatic carbocycles. The van der Waals surface area contributed by atoms with E-state index in [0.29, 0.717) is 24.1 Å². The molecular formula is C14H26N2O2. The predicted octanol–water partition coefficient (Wildman–Crippen LogP) is 0.864. The lowest BCUT2D eigenvalue weighted by atomic mass is 9.94. The normalized spacial score (nSPS) is 41.8. The number of fused-ring (bicyclic) bond motifs is 1. The van der Waals surface area contributed by atoms with Crippen LogP contribution in [-0.4, -0.2) is 63.0 Å². The summed E-state index contributed by atoms with van der Waals surface area (Å²) >= 11 is 0. The average Bonchev–Trinajstić information content (AvgIpc) is 2.89. The van der Waals surface area contributed by atoms with E-state index in [-0.39, 0.29) is 0 Å². The van der Waals surface area contributed by atoms with Gasteiger partial charge in [-0.05, 0) is 32.7 Å². The Hall–Kier alpha value is -0.160. The summed E-state index contributed by atoms with van der Waals surface area (Å²) in [4.78, 5) is 2.67. The lowest BCUT2D eigenvalue weighted by Crippen LogP contribution is -2.54. The van der Waals surface area contributed by atoms with Gasteiger partial charge in [0.15, 0.2) is 0 Å². The van der Waals surface area contributed by atoms with E-state index < -0.39 is 0 Å². The molecule has 0 radical (unpaired) electrons. The summed E-state index contributed by atoms with van der Waals surface area (Å²) in [7, 11) is 2.08. The van der Waals surface area contributed by atoms with E-state index in [1.807, 2.05) is 0 Å². The Labute approximate surface area is 110 Å². The molecule has 0 bridgehead atoms. The Morgan fingerprint density at radius 2 is 2.17 bits per heavy atom. The highest BCUT2D eigenvalue weighted by atomic mass is 16.5. The van der Waals surface area contributed by atoms with Crippen molar-refractivity contribution < 1.29 is 9.47 Å². The maximum absolute atomic E-state index is 5.89. The molecule has 0 spiro atoms. The second-order valence-electron chi connectivity index (χ2n) is 5.92. The van der Waals surface area contributed by atoms with Gasteiger partial charge in [0, 0.05) is 37.7 Å². The molecule has 18 heavy (non-hydrogen) atoms. The van der Waals surface area contributed by atoms with Gasteiger partial charge in [-0.25, -0.2) is 0 Å². The fraction of sp³-hybridized carbons (Fsp3) is 1.00. The summed E-state index contributed by atoms with van der Waals surface area (Å²) in [5.74, 6) is 0.642. The molecule has 4 nitrogen and oxygen atoms in total. The minimum atomic E-state index is 0.510. The summed E-state index contributed by atoms with van der Waals surface area (Å²) in [5.41, 5.74) is 0. The van der Waals surface area contributed by atoms with Gasteiger partial charge in [0.25, 0.3) is 0 Å². The highest BCUT2D eigenvalue weighted by Gasteiger charge is 2.38. The van der Waals surface area contributed by atoms with Crippen LogP contribution in [-0.2, 0) is 9.47 Å². The largest absolute Gasteiger partial charge is 0.381 e.